The van der Waals surface area contributed by atoms with Crippen LogP contribution in [0.2, 0.25) is 0 Å². The second-order valence-electron chi connectivity index (χ2n) is 5.33. The molecule has 2 rings (SSSR count). The van der Waals surface area contributed by atoms with E-state index in [1.165, 1.54) is 24.3 Å². The van der Waals surface area contributed by atoms with Gasteiger partial charge in [0.05, 0.1) is 17.4 Å². The summed E-state index contributed by atoms with van der Waals surface area (Å²) in [6.45, 7) is 0. The van der Waals surface area contributed by atoms with Crippen LogP contribution in [0.5, 0.6) is 0 Å². The summed E-state index contributed by atoms with van der Waals surface area (Å²) in [5.74, 6) is -1.58. The Morgan fingerprint density at radius 1 is 1.08 bits per heavy atom. The summed E-state index contributed by atoms with van der Waals surface area (Å²) in [7, 11) is -3.43. The van der Waals surface area contributed by atoms with Crippen LogP contribution in [0.1, 0.15) is 28.4 Å². The highest BCUT2D eigenvalue weighted by Gasteiger charge is 2.19. The van der Waals surface area contributed by atoms with Gasteiger partial charge in [0.1, 0.15) is 0 Å². The van der Waals surface area contributed by atoms with Crippen molar-refractivity contribution >= 4 is 21.7 Å². The predicted octanol–water partition coefficient (Wildman–Crippen LogP) is 2.04. The van der Waals surface area contributed by atoms with E-state index in [1.807, 2.05) is 0 Å². The molecule has 0 heterocycles. The minimum atomic E-state index is -3.43. The van der Waals surface area contributed by atoms with E-state index in [0.717, 1.165) is 6.26 Å². The van der Waals surface area contributed by atoms with E-state index in [-0.39, 0.29) is 16.9 Å². The molecule has 0 spiro atoms. The predicted molar refractivity (Wildman–Crippen MR) is 88.5 cm³/mol. The van der Waals surface area contributed by atoms with Gasteiger partial charge in [-0.1, -0.05) is 36.4 Å². The van der Waals surface area contributed by atoms with E-state index in [4.69, 9.17) is 5.11 Å². The number of hydrogen-bond acceptors (Lipinski definition) is 4. The number of carbonyl (C=O) groups excluding carboxylic acids is 1. The SMILES string of the molecule is CS(=O)(=O)c1cccc(C(=O)NC(CC(=O)O)c2ccccc2)c1. The molecular weight excluding hydrogens is 330 g/mol. The smallest absolute Gasteiger partial charge is 0.305 e. The first-order valence-electron chi connectivity index (χ1n) is 7.15. The highest BCUT2D eigenvalue weighted by Crippen LogP contribution is 2.18. The minimum absolute atomic E-state index is 0.0321. The van der Waals surface area contributed by atoms with E-state index >= 15 is 0 Å². The lowest BCUT2D eigenvalue weighted by Gasteiger charge is -2.17. The monoisotopic (exact) mass is 347 g/mol. The summed E-state index contributed by atoms with van der Waals surface area (Å²) in [6, 6.07) is 13.7. The maximum absolute atomic E-state index is 12.4. The molecule has 0 saturated heterocycles. The highest BCUT2D eigenvalue weighted by molar-refractivity contribution is 7.90. The second-order valence-corrected chi connectivity index (χ2v) is 7.35. The van der Waals surface area contributed by atoms with Crippen LogP contribution in [0.3, 0.4) is 0 Å². The molecule has 1 unspecified atom stereocenters. The molecule has 0 saturated carbocycles. The molecule has 2 aromatic carbocycles. The van der Waals surface area contributed by atoms with Gasteiger partial charge in [0.15, 0.2) is 9.84 Å². The molecule has 0 radical (unpaired) electrons. The Hall–Kier alpha value is -2.67. The molecule has 6 nitrogen and oxygen atoms in total. The summed E-state index contributed by atoms with van der Waals surface area (Å²) in [4.78, 5) is 23.5. The molecule has 2 aromatic rings. The van der Waals surface area contributed by atoms with Gasteiger partial charge >= 0.3 is 5.97 Å². The van der Waals surface area contributed by atoms with Gasteiger partial charge in [-0.25, -0.2) is 8.42 Å². The summed E-state index contributed by atoms with van der Waals surface area (Å²) < 4.78 is 23.2. The third-order valence-corrected chi connectivity index (χ3v) is 4.52. The van der Waals surface area contributed by atoms with E-state index < -0.39 is 27.8 Å². The Morgan fingerprint density at radius 2 is 1.75 bits per heavy atom. The molecular formula is C17H17NO5S. The van der Waals surface area contributed by atoms with Crippen LogP contribution in [0.15, 0.2) is 59.5 Å². The van der Waals surface area contributed by atoms with Gasteiger partial charge < -0.3 is 10.4 Å². The van der Waals surface area contributed by atoms with Crippen molar-refractivity contribution in [2.24, 2.45) is 0 Å². The summed E-state index contributed by atoms with van der Waals surface area (Å²) in [5.41, 5.74) is 0.816. The lowest BCUT2D eigenvalue weighted by Crippen LogP contribution is -2.30. The van der Waals surface area contributed by atoms with Crippen LogP contribution >= 0.6 is 0 Å². The third-order valence-electron chi connectivity index (χ3n) is 3.41. The average Bonchev–Trinajstić information content (AvgIpc) is 2.54. The highest BCUT2D eigenvalue weighted by atomic mass is 32.2. The third kappa shape index (κ3) is 4.66. The van der Waals surface area contributed by atoms with Crippen LogP contribution in [0, 0.1) is 0 Å². The first kappa shape index (κ1) is 17.7. The molecule has 0 aliphatic carbocycles. The number of hydrogen-bond donors (Lipinski definition) is 2. The van der Waals surface area contributed by atoms with Crippen molar-refractivity contribution in [1.82, 2.24) is 5.32 Å². The Morgan fingerprint density at radius 3 is 2.33 bits per heavy atom. The van der Waals surface area contributed by atoms with Crippen molar-refractivity contribution in [3.05, 3.63) is 65.7 Å². The molecule has 0 aliphatic rings. The quantitative estimate of drug-likeness (QED) is 0.833. The zero-order valence-corrected chi connectivity index (χ0v) is 13.8. The summed E-state index contributed by atoms with van der Waals surface area (Å²) >= 11 is 0. The number of sulfone groups is 1. The number of rotatable bonds is 6. The standard InChI is InChI=1S/C17H17NO5S/c1-24(22,23)14-9-5-8-13(10-14)17(21)18-15(11-16(19)20)12-6-3-2-4-7-12/h2-10,15H,11H2,1H3,(H,18,21)(H,19,20). The van der Waals surface area contributed by atoms with Gasteiger partial charge in [-0.3, -0.25) is 9.59 Å². The number of carbonyl (C=O) groups is 2. The lowest BCUT2D eigenvalue weighted by molar-refractivity contribution is -0.137. The molecule has 0 bridgehead atoms. The van der Waals surface area contributed by atoms with Crippen molar-refractivity contribution in [2.75, 3.05) is 6.26 Å². The number of benzene rings is 2. The van der Waals surface area contributed by atoms with Crippen LogP contribution in [0.4, 0.5) is 0 Å². The molecule has 0 aliphatic heterocycles. The zero-order chi connectivity index (χ0) is 17.7. The number of carboxylic acid groups (broad SMARTS) is 1. The average molecular weight is 347 g/mol. The van der Waals surface area contributed by atoms with Gasteiger partial charge in [0, 0.05) is 11.8 Å². The van der Waals surface area contributed by atoms with E-state index in [9.17, 15) is 18.0 Å². The molecule has 7 heteroatoms. The molecule has 1 amide bonds. The van der Waals surface area contributed by atoms with Crippen molar-refractivity contribution < 1.29 is 23.1 Å². The largest absolute Gasteiger partial charge is 0.481 e. The van der Waals surface area contributed by atoms with E-state index in [2.05, 4.69) is 5.32 Å². The van der Waals surface area contributed by atoms with Gasteiger partial charge in [-0.05, 0) is 23.8 Å². The topological polar surface area (TPSA) is 101 Å². The van der Waals surface area contributed by atoms with Crippen molar-refractivity contribution in [3.8, 4) is 0 Å². The van der Waals surface area contributed by atoms with Crippen LogP contribution in [-0.4, -0.2) is 31.7 Å². The molecule has 126 valence electrons. The van der Waals surface area contributed by atoms with E-state index in [1.54, 1.807) is 30.3 Å². The number of amides is 1. The van der Waals surface area contributed by atoms with Crippen LogP contribution in [-0.2, 0) is 14.6 Å². The maximum atomic E-state index is 12.4. The van der Waals surface area contributed by atoms with Crippen LogP contribution < -0.4 is 5.32 Å². The fourth-order valence-corrected chi connectivity index (χ4v) is 2.89. The molecule has 24 heavy (non-hydrogen) atoms. The Labute approximate surface area is 140 Å². The lowest BCUT2D eigenvalue weighted by atomic mass is 10.0. The number of nitrogens with one attached hydrogen (secondary N) is 1. The van der Waals surface area contributed by atoms with Gasteiger partial charge in [-0.15, -0.1) is 0 Å². The van der Waals surface area contributed by atoms with Crippen molar-refractivity contribution in [3.63, 3.8) is 0 Å². The van der Waals surface area contributed by atoms with Gasteiger partial charge in [0.2, 0.25) is 0 Å². The minimum Gasteiger partial charge on any atom is -0.481 e. The Balaban J connectivity index is 2.26. The van der Waals surface area contributed by atoms with Crippen LogP contribution in [0.25, 0.3) is 0 Å². The molecule has 0 aromatic heterocycles. The molecule has 1 atom stereocenters. The van der Waals surface area contributed by atoms with E-state index in [0.29, 0.717) is 5.56 Å². The number of carboxylic acids is 1. The Bertz CT molecular complexity index is 846. The first-order chi connectivity index (χ1) is 11.3. The second kappa shape index (κ2) is 7.27. The molecule has 2 N–H and O–H groups in total. The van der Waals surface area contributed by atoms with Crippen molar-refractivity contribution in [2.45, 2.75) is 17.4 Å². The fraction of sp³-hybridized carbons (Fsp3) is 0.176. The van der Waals surface area contributed by atoms with Gasteiger partial charge in [-0.2, -0.15) is 0 Å². The fourth-order valence-electron chi connectivity index (χ4n) is 2.22. The van der Waals surface area contributed by atoms with Crippen molar-refractivity contribution in [1.29, 1.82) is 0 Å². The summed E-state index contributed by atoms with van der Waals surface area (Å²) in [5, 5.41) is 11.7. The van der Waals surface area contributed by atoms with Gasteiger partial charge in [0.25, 0.3) is 5.91 Å². The number of aliphatic carboxylic acids is 1. The maximum Gasteiger partial charge on any atom is 0.305 e. The summed E-state index contributed by atoms with van der Waals surface area (Å²) in [6.07, 6.45) is 0.780. The molecule has 0 fully saturated rings. The zero-order valence-electron chi connectivity index (χ0n) is 13.0. The Kier molecular flexibility index (Phi) is 5.35. The first-order valence-corrected chi connectivity index (χ1v) is 9.04. The normalized spacial score (nSPS) is 12.4.